The minimum atomic E-state index is 1.44. The molecule has 0 heterocycles. The van der Waals surface area contributed by atoms with E-state index in [9.17, 15) is 0 Å². The second-order valence-electron chi connectivity index (χ2n) is 0.325. The normalized spacial score (nSPS) is 6.25. The van der Waals surface area contributed by atoms with Crippen LogP contribution in [-0.4, -0.2) is 12.2 Å². The van der Waals surface area contributed by atoms with Crippen LogP contribution >= 0.6 is 0 Å². The maximum atomic E-state index is 4.33. The van der Waals surface area contributed by atoms with E-state index in [1.165, 1.54) is 5.11 Å². The van der Waals surface area contributed by atoms with E-state index in [4.69, 9.17) is 0 Å². The van der Waals surface area contributed by atoms with E-state index < -0.39 is 0 Å². The number of hydrogen-bond acceptors (Lipinski definition) is 1. The summed E-state index contributed by atoms with van der Waals surface area (Å²) in [7, 11) is 1.58. The van der Waals surface area contributed by atoms with Crippen LogP contribution in [-0.2, 0) is 20.3 Å². The molecule has 25 valence electrons. The van der Waals surface area contributed by atoms with E-state index in [2.05, 4.69) is 20.3 Å². The van der Waals surface area contributed by atoms with Gasteiger partial charge in [0.2, 0.25) is 0 Å². The van der Waals surface area contributed by atoms with Crippen LogP contribution in [0, 0.1) is 0 Å². The van der Waals surface area contributed by atoms with Crippen molar-refractivity contribution < 1.29 is 20.3 Å². The van der Waals surface area contributed by atoms with Crippen molar-refractivity contribution in [1.82, 2.24) is 0 Å². The van der Waals surface area contributed by atoms with Crippen LogP contribution in [0.15, 0.2) is 0 Å². The Labute approximate surface area is 33.3 Å². The van der Waals surface area contributed by atoms with Crippen LogP contribution < -0.4 is 0 Å². The van der Waals surface area contributed by atoms with Crippen LogP contribution in [0.25, 0.3) is 0 Å². The predicted molar refractivity (Wildman–Crippen MR) is 13.1 cm³/mol. The topological polar surface area (TPSA) is 9.23 Å². The Hall–Kier alpha value is 0.349. The van der Waals surface area contributed by atoms with Crippen molar-refractivity contribution in [2.75, 3.05) is 7.11 Å². The first-order valence-electron chi connectivity index (χ1n) is 0.862. The zero-order valence-electron chi connectivity index (χ0n) is 2.36. The first-order chi connectivity index (χ1) is 1.91. The van der Waals surface area contributed by atoms with Gasteiger partial charge < -0.3 is 0 Å². The molecule has 0 N–H and O–H groups in total. The Morgan fingerprint density at radius 2 is 2.25 bits per heavy atom. The van der Waals surface area contributed by atoms with Crippen molar-refractivity contribution in [2.45, 2.75) is 0 Å². The Morgan fingerprint density at radius 1 is 2.00 bits per heavy atom. The van der Waals surface area contributed by atoms with Crippen LogP contribution in [0.2, 0.25) is 0 Å². The molecule has 0 aromatic heterocycles. The molecule has 0 fully saturated rings. The molecule has 1 nitrogen and oxygen atoms in total. The molecule has 0 aliphatic rings. The van der Waals surface area contributed by atoms with Gasteiger partial charge >= 0.3 is 32.5 Å². The molecule has 0 unspecified atom stereocenters. The van der Waals surface area contributed by atoms with Gasteiger partial charge in [0, 0.05) is 0 Å². The zero-order chi connectivity index (χ0) is 3.41. The number of methoxy groups -OCH3 is 1. The molecule has 0 radical (unpaired) electrons. The fraction of sp³-hybridized carbons (Fsp3) is 0.500. The van der Waals surface area contributed by atoms with Crippen LogP contribution in [0.1, 0.15) is 0 Å². The number of ether oxygens (including phenoxy) is 1. The third kappa shape index (κ3) is 2.35. The van der Waals surface area contributed by atoms with Gasteiger partial charge in [0.15, 0.2) is 0 Å². The van der Waals surface area contributed by atoms with Gasteiger partial charge in [-0.3, -0.25) is 0 Å². The van der Waals surface area contributed by atoms with Gasteiger partial charge in [0.05, 0.1) is 0 Å². The summed E-state index contributed by atoms with van der Waals surface area (Å²) in [4.78, 5) is 0. The summed E-state index contributed by atoms with van der Waals surface area (Å²) in [6.45, 7) is 0. The molecule has 0 saturated carbocycles. The van der Waals surface area contributed by atoms with E-state index in [1.54, 1.807) is 7.11 Å². The number of rotatable bonds is 1. The third-order valence-electron chi connectivity index (χ3n) is 0.0891. The average molecular weight is 99.0 g/mol. The summed E-state index contributed by atoms with van der Waals surface area (Å²) in [5, 5.41) is 1.44. The molecule has 0 rings (SSSR count). The van der Waals surface area contributed by atoms with Crippen molar-refractivity contribution in [1.29, 1.82) is 0 Å². The molecule has 0 bridgehead atoms. The monoisotopic (exact) mass is 99.0 g/mol. The first-order valence-corrected chi connectivity index (χ1v) is 1.54. The molecule has 4 heavy (non-hydrogen) atoms. The molecule has 2 heteroatoms. The van der Waals surface area contributed by atoms with Crippen molar-refractivity contribution >= 4 is 5.11 Å². The summed E-state index contributed by atoms with van der Waals surface area (Å²) in [5.74, 6) is 0. The average Bonchev–Trinajstić information content (AvgIpc) is 1.37. The summed E-state index contributed by atoms with van der Waals surface area (Å²) < 4.78 is 4.33. The van der Waals surface area contributed by atoms with E-state index >= 15 is 0 Å². The molecule has 0 aromatic rings. The van der Waals surface area contributed by atoms with E-state index in [0.29, 0.717) is 0 Å². The molecule has 0 aromatic carbocycles. The van der Waals surface area contributed by atoms with Crippen molar-refractivity contribution in [3.05, 3.63) is 0 Å². The van der Waals surface area contributed by atoms with Gasteiger partial charge in [-0.15, -0.1) is 0 Å². The van der Waals surface area contributed by atoms with Crippen molar-refractivity contribution in [2.24, 2.45) is 0 Å². The minimum absolute atomic E-state index is 1.44. The van der Waals surface area contributed by atoms with E-state index in [-0.39, 0.29) is 0 Å². The molecular weight excluding hydrogens is 95.0 g/mol. The van der Waals surface area contributed by atoms with Gasteiger partial charge in [-0.05, 0) is 0 Å². The maximum absolute atomic E-state index is 4.33. The summed E-state index contributed by atoms with van der Waals surface area (Å²) in [6.07, 6.45) is 0. The van der Waals surface area contributed by atoms with Crippen LogP contribution in [0.4, 0.5) is 0 Å². The zero-order valence-corrected chi connectivity index (χ0v) is 3.54. The Morgan fingerprint density at radius 3 is 2.25 bits per heavy atom. The second kappa shape index (κ2) is 3.35. The van der Waals surface area contributed by atoms with Crippen LogP contribution in [0.3, 0.4) is 0 Å². The molecular formula is C2H4MnO. The number of hydrogen-bond donors (Lipinski definition) is 0. The molecule has 0 aliphatic carbocycles. The van der Waals surface area contributed by atoms with Gasteiger partial charge in [-0.1, -0.05) is 0 Å². The molecule has 0 spiro atoms. The standard InChI is InChI=1S/C2H4O.Mn/c1-3-2;/h1H,2H3;. The van der Waals surface area contributed by atoms with Crippen molar-refractivity contribution in [3.63, 3.8) is 0 Å². The van der Waals surface area contributed by atoms with Gasteiger partial charge in [0.1, 0.15) is 0 Å². The molecule has 0 saturated heterocycles. The van der Waals surface area contributed by atoms with Gasteiger partial charge in [-0.25, -0.2) is 0 Å². The summed E-state index contributed by atoms with van der Waals surface area (Å²) in [5.41, 5.74) is 0. The Bertz CT molecular complexity index is 20.0. The molecule has 0 aliphatic heterocycles. The third-order valence-corrected chi connectivity index (χ3v) is 0.367. The fourth-order valence-corrected chi connectivity index (χ4v) is 0. The van der Waals surface area contributed by atoms with E-state index in [0.717, 1.165) is 0 Å². The predicted octanol–water partition coefficient (Wildman–Crippen LogP) is -0.0607. The first kappa shape index (κ1) is 4.35. The van der Waals surface area contributed by atoms with E-state index in [1.807, 2.05) is 0 Å². The summed E-state index contributed by atoms with van der Waals surface area (Å²) in [6, 6.07) is 0. The Kier molecular flexibility index (Phi) is 3.64. The van der Waals surface area contributed by atoms with Crippen LogP contribution in [0.5, 0.6) is 0 Å². The molecule has 0 amide bonds. The SMILES string of the molecule is CO[CH]=[Mn]. The van der Waals surface area contributed by atoms with Crippen molar-refractivity contribution in [3.8, 4) is 0 Å². The Balaban J connectivity index is 2.30. The quantitative estimate of drug-likeness (QED) is 0.418. The fourth-order valence-electron chi connectivity index (χ4n) is 0. The van der Waals surface area contributed by atoms with Gasteiger partial charge in [-0.2, -0.15) is 0 Å². The second-order valence-corrected chi connectivity index (χ2v) is 0.603. The molecule has 0 atom stereocenters. The van der Waals surface area contributed by atoms with Gasteiger partial charge in [0.25, 0.3) is 0 Å². The summed E-state index contributed by atoms with van der Waals surface area (Å²) >= 11 is 2.90.